The van der Waals surface area contributed by atoms with Crippen LogP contribution in [0.15, 0.2) is 0 Å². The van der Waals surface area contributed by atoms with Crippen molar-refractivity contribution in [3.63, 3.8) is 0 Å². The first-order chi connectivity index (χ1) is 9.08. The maximum absolute atomic E-state index is 10.6. The van der Waals surface area contributed by atoms with E-state index >= 15 is 0 Å². The quantitative estimate of drug-likeness (QED) is 0.619. The number of rotatable bonds is 8. The lowest BCUT2D eigenvalue weighted by Gasteiger charge is -2.13. The van der Waals surface area contributed by atoms with E-state index in [2.05, 4.69) is 20.6 Å². The summed E-state index contributed by atoms with van der Waals surface area (Å²) in [6.07, 6.45) is 2.92. The van der Waals surface area contributed by atoms with Crippen LogP contribution in [0.3, 0.4) is 0 Å². The van der Waals surface area contributed by atoms with E-state index in [-0.39, 0.29) is 5.91 Å². The third-order valence-corrected chi connectivity index (χ3v) is 2.89. The number of unbranched alkanes of at least 4 members (excludes halogenated alkanes) is 1. The molecule has 0 atom stereocenters. The van der Waals surface area contributed by atoms with E-state index in [0.717, 1.165) is 48.8 Å². The molecule has 6 nitrogen and oxygen atoms in total. The standard InChI is InChI=1S/C13H23N5O/c1-4-11-17-12(15-3)9(2)13(18-11)16-8-6-5-7-10(14)19/h4-8H2,1-3H3,(H2,14,19)(H2,15,16,17,18). The van der Waals surface area contributed by atoms with Crippen molar-refractivity contribution in [1.82, 2.24) is 9.97 Å². The number of carbonyl (C=O) groups excluding carboxylic acids is 1. The number of nitrogens with one attached hydrogen (secondary N) is 2. The summed E-state index contributed by atoms with van der Waals surface area (Å²) in [6, 6.07) is 0. The molecule has 0 spiro atoms. The normalized spacial score (nSPS) is 10.3. The second-order valence-corrected chi connectivity index (χ2v) is 4.42. The molecule has 0 unspecified atom stereocenters. The second-order valence-electron chi connectivity index (χ2n) is 4.42. The van der Waals surface area contributed by atoms with E-state index in [1.807, 2.05) is 20.9 Å². The zero-order valence-corrected chi connectivity index (χ0v) is 11.9. The number of primary amides is 1. The summed E-state index contributed by atoms with van der Waals surface area (Å²) >= 11 is 0. The van der Waals surface area contributed by atoms with Gasteiger partial charge in [-0.05, 0) is 19.8 Å². The predicted octanol–water partition coefficient (Wildman–Crippen LogP) is 1.46. The van der Waals surface area contributed by atoms with Crippen LogP contribution < -0.4 is 16.4 Å². The van der Waals surface area contributed by atoms with Gasteiger partial charge in [0.15, 0.2) is 0 Å². The molecule has 0 saturated heterocycles. The molecule has 0 aliphatic heterocycles. The minimum atomic E-state index is -0.246. The van der Waals surface area contributed by atoms with E-state index < -0.39 is 0 Å². The van der Waals surface area contributed by atoms with Gasteiger partial charge in [0.25, 0.3) is 0 Å². The van der Waals surface area contributed by atoms with Crippen molar-refractivity contribution in [2.75, 3.05) is 24.2 Å². The molecule has 0 saturated carbocycles. The summed E-state index contributed by atoms with van der Waals surface area (Å²) in [5.41, 5.74) is 6.11. The van der Waals surface area contributed by atoms with E-state index in [1.54, 1.807) is 0 Å². The summed E-state index contributed by atoms with van der Waals surface area (Å²) in [7, 11) is 1.85. The number of amides is 1. The molecule has 0 radical (unpaired) electrons. The molecule has 1 heterocycles. The summed E-state index contributed by atoms with van der Waals surface area (Å²) in [5.74, 6) is 2.28. The molecular formula is C13H23N5O. The zero-order valence-electron chi connectivity index (χ0n) is 11.9. The van der Waals surface area contributed by atoms with Crippen molar-refractivity contribution in [2.24, 2.45) is 5.73 Å². The van der Waals surface area contributed by atoms with Crippen molar-refractivity contribution in [2.45, 2.75) is 39.5 Å². The highest BCUT2D eigenvalue weighted by Crippen LogP contribution is 2.19. The number of anilines is 2. The fourth-order valence-electron chi connectivity index (χ4n) is 1.77. The fraction of sp³-hybridized carbons (Fsp3) is 0.615. The van der Waals surface area contributed by atoms with Crippen molar-refractivity contribution in [1.29, 1.82) is 0 Å². The van der Waals surface area contributed by atoms with Crippen LogP contribution in [-0.2, 0) is 11.2 Å². The second kappa shape index (κ2) is 7.56. The minimum Gasteiger partial charge on any atom is -0.373 e. The largest absolute Gasteiger partial charge is 0.373 e. The average molecular weight is 265 g/mol. The lowest BCUT2D eigenvalue weighted by atomic mass is 10.2. The van der Waals surface area contributed by atoms with Gasteiger partial charge in [0.05, 0.1) is 0 Å². The molecule has 0 aromatic carbocycles. The average Bonchev–Trinajstić information content (AvgIpc) is 2.39. The van der Waals surface area contributed by atoms with Crippen molar-refractivity contribution >= 4 is 17.5 Å². The maximum Gasteiger partial charge on any atom is 0.217 e. The number of hydrogen-bond donors (Lipinski definition) is 3. The highest BCUT2D eigenvalue weighted by Gasteiger charge is 2.08. The summed E-state index contributed by atoms with van der Waals surface area (Å²) < 4.78 is 0. The SMILES string of the molecule is CCc1nc(NC)c(C)c(NCCCCC(N)=O)n1. The third-order valence-electron chi connectivity index (χ3n) is 2.89. The Morgan fingerprint density at radius 2 is 1.95 bits per heavy atom. The van der Waals surface area contributed by atoms with Gasteiger partial charge < -0.3 is 16.4 Å². The monoisotopic (exact) mass is 265 g/mol. The Bertz CT molecular complexity index is 433. The Morgan fingerprint density at radius 3 is 2.53 bits per heavy atom. The maximum atomic E-state index is 10.6. The molecule has 0 bridgehead atoms. The van der Waals surface area contributed by atoms with Gasteiger partial charge in [0.2, 0.25) is 5.91 Å². The molecule has 19 heavy (non-hydrogen) atoms. The van der Waals surface area contributed by atoms with Crippen LogP contribution in [0, 0.1) is 6.92 Å². The first-order valence-electron chi connectivity index (χ1n) is 6.65. The summed E-state index contributed by atoms with van der Waals surface area (Å²) in [5, 5.41) is 6.37. The molecule has 1 aromatic heterocycles. The topological polar surface area (TPSA) is 92.9 Å². The Kier molecular flexibility index (Phi) is 6.05. The Morgan fingerprint density at radius 1 is 1.26 bits per heavy atom. The number of nitrogens with two attached hydrogens (primary N) is 1. The molecule has 0 aliphatic rings. The van der Waals surface area contributed by atoms with E-state index in [0.29, 0.717) is 6.42 Å². The highest BCUT2D eigenvalue weighted by molar-refractivity contribution is 5.73. The Balaban J connectivity index is 2.59. The Labute approximate surface area is 114 Å². The van der Waals surface area contributed by atoms with Crippen LogP contribution in [0.4, 0.5) is 11.6 Å². The van der Waals surface area contributed by atoms with Gasteiger partial charge in [-0.3, -0.25) is 4.79 Å². The first-order valence-corrected chi connectivity index (χ1v) is 6.65. The predicted molar refractivity (Wildman–Crippen MR) is 77.2 cm³/mol. The van der Waals surface area contributed by atoms with Gasteiger partial charge in [-0.25, -0.2) is 9.97 Å². The fourth-order valence-corrected chi connectivity index (χ4v) is 1.77. The van der Waals surface area contributed by atoms with Crippen LogP contribution in [0.5, 0.6) is 0 Å². The van der Waals surface area contributed by atoms with Crippen LogP contribution in [0.1, 0.15) is 37.6 Å². The van der Waals surface area contributed by atoms with Crippen molar-refractivity contribution in [3.05, 3.63) is 11.4 Å². The number of aromatic nitrogens is 2. The van der Waals surface area contributed by atoms with Crippen LogP contribution in [-0.4, -0.2) is 29.5 Å². The highest BCUT2D eigenvalue weighted by atomic mass is 16.1. The first kappa shape index (κ1) is 15.2. The van der Waals surface area contributed by atoms with Crippen LogP contribution >= 0.6 is 0 Å². The molecule has 0 fully saturated rings. The number of hydrogen-bond acceptors (Lipinski definition) is 5. The van der Waals surface area contributed by atoms with Gasteiger partial charge in [0, 0.05) is 32.0 Å². The van der Waals surface area contributed by atoms with E-state index in [4.69, 9.17) is 5.73 Å². The lowest BCUT2D eigenvalue weighted by molar-refractivity contribution is -0.118. The van der Waals surface area contributed by atoms with Crippen LogP contribution in [0.25, 0.3) is 0 Å². The summed E-state index contributed by atoms with van der Waals surface area (Å²) in [4.78, 5) is 19.5. The molecule has 1 amide bonds. The van der Waals surface area contributed by atoms with Gasteiger partial charge in [0.1, 0.15) is 17.5 Å². The van der Waals surface area contributed by atoms with Crippen molar-refractivity contribution in [3.8, 4) is 0 Å². The van der Waals surface area contributed by atoms with Crippen molar-refractivity contribution < 1.29 is 4.79 Å². The molecule has 0 aliphatic carbocycles. The minimum absolute atomic E-state index is 0.246. The zero-order chi connectivity index (χ0) is 14.3. The van der Waals surface area contributed by atoms with E-state index in [1.165, 1.54) is 0 Å². The lowest BCUT2D eigenvalue weighted by Crippen LogP contribution is -2.12. The summed E-state index contributed by atoms with van der Waals surface area (Å²) in [6.45, 7) is 4.79. The number of aryl methyl sites for hydroxylation is 1. The molecule has 106 valence electrons. The molecule has 1 aromatic rings. The van der Waals surface area contributed by atoms with E-state index in [9.17, 15) is 4.79 Å². The third kappa shape index (κ3) is 4.73. The van der Waals surface area contributed by atoms with Crippen LogP contribution in [0.2, 0.25) is 0 Å². The van der Waals surface area contributed by atoms with Gasteiger partial charge >= 0.3 is 0 Å². The molecule has 1 rings (SSSR count). The van der Waals surface area contributed by atoms with Gasteiger partial charge in [-0.15, -0.1) is 0 Å². The number of nitrogens with zero attached hydrogens (tertiary/aromatic N) is 2. The molecular weight excluding hydrogens is 242 g/mol. The van der Waals surface area contributed by atoms with Gasteiger partial charge in [-0.2, -0.15) is 0 Å². The molecule has 6 heteroatoms. The molecule has 4 N–H and O–H groups in total. The smallest absolute Gasteiger partial charge is 0.217 e. The van der Waals surface area contributed by atoms with Gasteiger partial charge in [-0.1, -0.05) is 6.92 Å². The Hall–Kier alpha value is -1.85. The number of carbonyl (C=O) groups is 1.